The quantitative estimate of drug-likeness (QED) is 0.331. The third-order valence-electron chi connectivity index (χ3n) is 7.20. The van der Waals surface area contributed by atoms with Gasteiger partial charge < -0.3 is 10.2 Å². The molecule has 0 saturated heterocycles. The van der Waals surface area contributed by atoms with Crippen molar-refractivity contribution >= 4 is 43.5 Å². The minimum absolute atomic E-state index is 0.0817. The van der Waals surface area contributed by atoms with Crippen molar-refractivity contribution < 1.29 is 18.0 Å². The van der Waals surface area contributed by atoms with E-state index < -0.39 is 28.5 Å². The van der Waals surface area contributed by atoms with Gasteiger partial charge in [-0.05, 0) is 74.2 Å². The Morgan fingerprint density at radius 1 is 0.949 bits per heavy atom. The number of aryl methyl sites for hydroxylation is 1. The maximum Gasteiger partial charge on any atom is 0.264 e. The Bertz CT molecular complexity index is 1390. The molecule has 206 valence electrons. The van der Waals surface area contributed by atoms with Crippen molar-refractivity contribution in [2.24, 2.45) is 0 Å². The maximum atomic E-state index is 14.0. The number of nitrogens with one attached hydrogen (secondary N) is 1. The number of sulfonamides is 1. The molecule has 0 aromatic heterocycles. The number of amides is 2. The summed E-state index contributed by atoms with van der Waals surface area (Å²) in [5.74, 6) is -0.695. The molecule has 0 unspecified atom stereocenters. The zero-order valence-corrected chi connectivity index (χ0v) is 24.6. The van der Waals surface area contributed by atoms with Crippen molar-refractivity contribution in [3.63, 3.8) is 0 Å². The summed E-state index contributed by atoms with van der Waals surface area (Å²) in [7, 11) is -4.07. The first-order valence-electron chi connectivity index (χ1n) is 13.1. The molecule has 0 radical (unpaired) electrons. The number of hydrogen-bond donors (Lipinski definition) is 1. The Balaban J connectivity index is 1.68. The first-order chi connectivity index (χ1) is 18.7. The van der Waals surface area contributed by atoms with E-state index >= 15 is 0 Å². The smallest absolute Gasteiger partial charge is 0.264 e. The van der Waals surface area contributed by atoms with Gasteiger partial charge in [-0.15, -0.1) is 0 Å². The van der Waals surface area contributed by atoms with Crippen LogP contribution in [0.1, 0.15) is 43.7 Å². The summed E-state index contributed by atoms with van der Waals surface area (Å²) in [5.41, 5.74) is 2.24. The van der Waals surface area contributed by atoms with Crippen molar-refractivity contribution in [1.82, 2.24) is 10.2 Å². The highest BCUT2D eigenvalue weighted by molar-refractivity contribution is 9.10. The lowest BCUT2D eigenvalue weighted by Gasteiger charge is -2.32. The van der Waals surface area contributed by atoms with Crippen molar-refractivity contribution in [1.29, 1.82) is 0 Å². The Morgan fingerprint density at radius 3 is 2.21 bits per heavy atom. The van der Waals surface area contributed by atoms with Gasteiger partial charge in [-0.1, -0.05) is 71.2 Å². The van der Waals surface area contributed by atoms with Gasteiger partial charge in [0, 0.05) is 17.1 Å². The zero-order chi connectivity index (χ0) is 28.0. The number of benzene rings is 3. The zero-order valence-electron chi connectivity index (χ0n) is 22.2. The fourth-order valence-corrected chi connectivity index (χ4v) is 6.50. The monoisotopic (exact) mass is 611 g/mol. The molecule has 1 fully saturated rings. The number of rotatable bonds is 10. The molecule has 9 heteroatoms. The molecule has 0 bridgehead atoms. The Morgan fingerprint density at radius 2 is 1.56 bits per heavy atom. The molecule has 39 heavy (non-hydrogen) atoms. The van der Waals surface area contributed by atoms with Gasteiger partial charge in [0.2, 0.25) is 11.8 Å². The van der Waals surface area contributed by atoms with Crippen LogP contribution in [-0.4, -0.2) is 43.8 Å². The second-order valence-electron chi connectivity index (χ2n) is 9.92. The minimum Gasteiger partial charge on any atom is -0.352 e. The highest BCUT2D eigenvalue weighted by Gasteiger charge is 2.33. The Labute approximate surface area is 239 Å². The fraction of sp³-hybridized carbons (Fsp3) is 0.333. The molecule has 4 rings (SSSR count). The molecule has 3 aromatic carbocycles. The molecule has 1 saturated carbocycles. The van der Waals surface area contributed by atoms with Crippen molar-refractivity contribution in [2.45, 2.75) is 63.1 Å². The van der Waals surface area contributed by atoms with Gasteiger partial charge in [0.15, 0.2) is 0 Å². The molecule has 0 aliphatic heterocycles. The second-order valence-corrected chi connectivity index (χ2v) is 12.7. The first kappa shape index (κ1) is 28.8. The molecular formula is C30H34BrN3O4S. The number of carbonyl (C=O) groups excluding carboxylic acids is 2. The predicted molar refractivity (Wildman–Crippen MR) is 157 cm³/mol. The number of halogens is 1. The number of anilines is 1. The third-order valence-corrected chi connectivity index (χ3v) is 9.51. The highest BCUT2D eigenvalue weighted by Crippen LogP contribution is 2.26. The van der Waals surface area contributed by atoms with Gasteiger partial charge in [0.1, 0.15) is 12.6 Å². The lowest BCUT2D eigenvalue weighted by Crippen LogP contribution is -2.52. The van der Waals surface area contributed by atoms with E-state index in [1.807, 2.05) is 31.2 Å². The van der Waals surface area contributed by atoms with Crippen molar-refractivity contribution in [3.8, 4) is 0 Å². The van der Waals surface area contributed by atoms with Crippen molar-refractivity contribution in [2.75, 3.05) is 10.8 Å². The molecule has 1 aliphatic rings. The molecule has 0 heterocycles. The summed E-state index contributed by atoms with van der Waals surface area (Å²) in [6.45, 7) is 3.39. The van der Waals surface area contributed by atoms with E-state index in [0.717, 1.165) is 45.6 Å². The number of carbonyl (C=O) groups is 2. The van der Waals surface area contributed by atoms with E-state index in [1.165, 1.54) is 17.0 Å². The topological polar surface area (TPSA) is 86.8 Å². The van der Waals surface area contributed by atoms with E-state index in [4.69, 9.17) is 0 Å². The largest absolute Gasteiger partial charge is 0.352 e. The van der Waals surface area contributed by atoms with Crippen LogP contribution < -0.4 is 9.62 Å². The maximum absolute atomic E-state index is 14.0. The Kier molecular flexibility index (Phi) is 9.45. The summed E-state index contributed by atoms with van der Waals surface area (Å²) in [5, 5.41) is 3.09. The van der Waals surface area contributed by atoms with Gasteiger partial charge in [-0.3, -0.25) is 13.9 Å². The SMILES string of the molecule is Cc1ccccc1CN(C(=O)CN(c1ccc(Br)cc1)S(=O)(=O)c1ccccc1)[C@H](C)C(=O)NC1CCCC1. The summed E-state index contributed by atoms with van der Waals surface area (Å²) in [4.78, 5) is 28.9. The lowest BCUT2D eigenvalue weighted by atomic mass is 10.1. The number of nitrogens with zero attached hydrogens (tertiary/aromatic N) is 2. The van der Waals surface area contributed by atoms with Crippen LogP contribution in [0, 0.1) is 6.92 Å². The van der Waals surface area contributed by atoms with Crippen molar-refractivity contribution in [3.05, 3.63) is 94.5 Å². The van der Waals surface area contributed by atoms with E-state index in [-0.39, 0.29) is 23.4 Å². The van der Waals surface area contributed by atoms with E-state index in [0.29, 0.717) is 5.69 Å². The molecule has 1 atom stereocenters. The summed E-state index contributed by atoms with van der Waals surface area (Å²) in [6, 6.07) is 21.8. The van der Waals surface area contributed by atoms with Crippen LogP contribution in [0.2, 0.25) is 0 Å². The fourth-order valence-electron chi connectivity index (χ4n) is 4.80. The highest BCUT2D eigenvalue weighted by atomic mass is 79.9. The summed E-state index contributed by atoms with van der Waals surface area (Å²) >= 11 is 3.39. The van der Waals surface area contributed by atoms with Crippen LogP contribution in [-0.2, 0) is 26.2 Å². The molecule has 2 amide bonds. The van der Waals surface area contributed by atoms with Crippen LogP contribution in [0.25, 0.3) is 0 Å². The molecule has 0 spiro atoms. The molecule has 1 N–H and O–H groups in total. The lowest BCUT2D eigenvalue weighted by molar-refractivity contribution is -0.139. The molecular weight excluding hydrogens is 578 g/mol. The van der Waals surface area contributed by atoms with Gasteiger partial charge in [-0.2, -0.15) is 0 Å². The second kappa shape index (κ2) is 12.8. The average molecular weight is 613 g/mol. The van der Waals surface area contributed by atoms with Gasteiger partial charge in [-0.25, -0.2) is 8.42 Å². The van der Waals surface area contributed by atoms with Gasteiger partial charge in [0.25, 0.3) is 10.0 Å². The van der Waals surface area contributed by atoms with Crippen LogP contribution in [0.4, 0.5) is 5.69 Å². The summed E-state index contributed by atoms with van der Waals surface area (Å²) in [6.07, 6.45) is 4.00. The van der Waals surface area contributed by atoms with E-state index in [2.05, 4.69) is 21.2 Å². The molecule has 3 aromatic rings. The normalized spacial score (nSPS) is 14.5. The first-order valence-corrected chi connectivity index (χ1v) is 15.4. The third kappa shape index (κ3) is 7.08. The standard InChI is InChI=1S/C30H34BrN3O4S/c1-22-10-6-7-11-24(22)20-33(23(2)30(36)32-26-12-8-9-13-26)29(35)21-34(27-18-16-25(31)17-19-27)39(37,38)28-14-4-3-5-15-28/h3-7,10-11,14-19,23,26H,8-9,12-13,20-21H2,1-2H3,(H,32,36)/t23-/m1/s1. The van der Waals surface area contributed by atoms with Gasteiger partial charge in [0.05, 0.1) is 10.6 Å². The summed E-state index contributed by atoms with van der Waals surface area (Å²) < 4.78 is 29.5. The van der Waals surface area contributed by atoms with E-state index in [9.17, 15) is 18.0 Å². The van der Waals surface area contributed by atoms with E-state index in [1.54, 1.807) is 49.4 Å². The number of hydrogen-bond acceptors (Lipinski definition) is 4. The van der Waals surface area contributed by atoms with Crippen LogP contribution in [0.3, 0.4) is 0 Å². The molecule has 1 aliphatic carbocycles. The van der Waals surface area contributed by atoms with Crippen LogP contribution in [0.5, 0.6) is 0 Å². The minimum atomic E-state index is -4.07. The predicted octanol–water partition coefficient (Wildman–Crippen LogP) is 5.43. The van der Waals surface area contributed by atoms with Crippen LogP contribution >= 0.6 is 15.9 Å². The van der Waals surface area contributed by atoms with Gasteiger partial charge >= 0.3 is 0 Å². The van der Waals surface area contributed by atoms with Crippen LogP contribution in [0.15, 0.2) is 88.2 Å². The Hall–Kier alpha value is -3.17. The average Bonchev–Trinajstić information content (AvgIpc) is 3.45. The molecule has 7 nitrogen and oxygen atoms in total.